The smallest absolute Gasteiger partial charge is 0.147 e. The van der Waals surface area contributed by atoms with Gasteiger partial charge in [0.25, 0.3) is 0 Å². The largest absolute Gasteiger partial charge is 0.147 e. The summed E-state index contributed by atoms with van der Waals surface area (Å²) in [5, 5.41) is 0. The van der Waals surface area contributed by atoms with Gasteiger partial charge in [0.15, 0.2) is 0 Å². The molecule has 0 bridgehead atoms. The molecule has 2 aromatic rings. The fourth-order valence-electron chi connectivity index (χ4n) is 4.17. The van der Waals surface area contributed by atoms with Crippen LogP contribution in [0.15, 0.2) is 54.1 Å². The molecule has 25 heavy (non-hydrogen) atoms. The van der Waals surface area contributed by atoms with Crippen LogP contribution in [0.5, 0.6) is 0 Å². The van der Waals surface area contributed by atoms with Gasteiger partial charge in [-0.3, -0.25) is 0 Å². The van der Waals surface area contributed by atoms with Gasteiger partial charge in [0, 0.05) is 0 Å². The zero-order valence-corrected chi connectivity index (χ0v) is 20.6. The Balaban J connectivity index is 0.00000113. The van der Waals surface area contributed by atoms with E-state index in [1.165, 1.54) is 22.3 Å². The molecular weight excluding hydrogens is 442 g/mol. The number of fused-ring (bicyclic) bond motifs is 3. The second-order valence-corrected chi connectivity index (χ2v) is 28.4. The van der Waals surface area contributed by atoms with E-state index in [9.17, 15) is 0 Å². The summed E-state index contributed by atoms with van der Waals surface area (Å²) in [5.41, 5.74) is 10.7. The van der Waals surface area contributed by atoms with Crippen LogP contribution in [0.3, 0.4) is 0 Å². The summed E-state index contributed by atoms with van der Waals surface area (Å²) < 4.78 is 6.92. The number of hydrogen-bond acceptors (Lipinski definition) is 0. The molecule has 0 heterocycles. The van der Waals surface area contributed by atoms with E-state index in [1.807, 2.05) is 0 Å². The molecule has 2 aromatic carbocycles. The second-order valence-electron chi connectivity index (χ2n) is 7.50. The first kappa shape index (κ1) is 20.9. The Labute approximate surface area is 169 Å². The van der Waals surface area contributed by atoms with Gasteiger partial charge < -0.3 is 0 Å². The molecule has 0 spiro atoms. The molecule has 0 unspecified atom stereocenters. The van der Waals surface area contributed by atoms with Gasteiger partial charge in [0.05, 0.1) is 0 Å². The van der Waals surface area contributed by atoms with Gasteiger partial charge in [-0.2, -0.15) is 0 Å². The van der Waals surface area contributed by atoms with E-state index < -0.39 is 18.9 Å². The minimum atomic E-state index is -2.22. The summed E-state index contributed by atoms with van der Waals surface area (Å²) in [6.07, 6.45) is 6.85. The molecule has 0 atom stereocenters. The Morgan fingerprint density at radius 3 is 2.24 bits per heavy atom. The Morgan fingerprint density at radius 1 is 0.920 bits per heavy atom. The van der Waals surface area contributed by atoms with E-state index in [4.69, 9.17) is 0 Å². The van der Waals surface area contributed by atoms with Crippen molar-refractivity contribution >= 4 is 40.5 Å². The molecule has 0 aliphatic heterocycles. The average Bonchev–Trinajstić information content (AvgIpc) is 3.08. The van der Waals surface area contributed by atoms with Crippen LogP contribution >= 0.6 is 24.8 Å². The maximum atomic E-state index is 2.58. The van der Waals surface area contributed by atoms with Crippen molar-refractivity contribution in [2.75, 3.05) is 0 Å². The van der Waals surface area contributed by atoms with E-state index in [2.05, 4.69) is 71.6 Å². The van der Waals surface area contributed by atoms with Crippen LogP contribution in [0.4, 0.5) is 0 Å². The Kier molecular flexibility index (Phi) is 6.43. The van der Waals surface area contributed by atoms with Crippen molar-refractivity contribution in [3.05, 3.63) is 70.8 Å². The van der Waals surface area contributed by atoms with Crippen molar-refractivity contribution < 1.29 is 18.9 Å². The molecule has 2 aliphatic rings. The SMILES string of the molecule is CC1=C(c2ccc3c([c]2[Zr]([CH3])([CH3])=[SiH2])Cc2ccccc2-3)CC=C1.Cl.Cl. The number of rotatable bonds is 2. The van der Waals surface area contributed by atoms with Crippen LogP contribution in [-0.2, 0) is 25.3 Å². The Hall–Kier alpha value is -0.400. The number of halogens is 2. The van der Waals surface area contributed by atoms with Crippen molar-refractivity contribution in [2.45, 2.75) is 29.0 Å². The van der Waals surface area contributed by atoms with Gasteiger partial charge in [-0.25, -0.2) is 0 Å². The quantitative estimate of drug-likeness (QED) is 0.451. The monoisotopic (exact) mass is 465 g/mol. The third-order valence-corrected chi connectivity index (χ3v) is 12.0. The fraction of sp³-hybridized carbons (Fsp3) is 0.238. The standard InChI is InChI=1S/C19H15.2CH3.2ClH.H2Si.Zr/c1-13-5-4-8-17(13)15-9-10-19-16(12-15)11-14-6-2-3-7-18(14)19;;;;;;/h2-7,9-10H,8,11H2,1H3;2*1H3;2*1H;1H2;. The number of benzene rings is 2. The summed E-state index contributed by atoms with van der Waals surface area (Å²) in [6.45, 7) is 4.60. The summed E-state index contributed by atoms with van der Waals surface area (Å²) in [7, 11) is 0. The summed E-state index contributed by atoms with van der Waals surface area (Å²) >= 11 is -2.22. The second kappa shape index (κ2) is 7.69. The van der Waals surface area contributed by atoms with Gasteiger partial charge in [0.2, 0.25) is 0 Å². The van der Waals surface area contributed by atoms with Gasteiger partial charge in [-0.05, 0) is 0 Å². The van der Waals surface area contributed by atoms with Gasteiger partial charge in [-0.1, -0.05) is 0 Å². The maximum absolute atomic E-state index is 2.58. The molecule has 0 saturated heterocycles. The van der Waals surface area contributed by atoms with Crippen LogP contribution < -0.4 is 3.27 Å². The molecule has 2 aliphatic carbocycles. The van der Waals surface area contributed by atoms with Crippen LogP contribution in [0, 0.1) is 0 Å². The van der Waals surface area contributed by atoms with Crippen LogP contribution in [0.1, 0.15) is 30.0 Å². The van der Waals surface area contributed by atoms with Crippen LogP contribution in [0.2, 0.25) is 9.26 Å². The first-order chi connectivity index (χ1) is 11.0. The normalized spacial score (nSPS) is 14.7. The molecule has 0 fully saturated rings. The minimum absolute atomic E-state index is 0. The predicted octanol–water partition coefficient (Wildman–Crippen LogP) is 5.26. The van der Waals surface area contributed by atoms with Gasteiger partial charge in [-0.15, -0.1) is 24.8 Å². The van der Waals surface area contributed by atoms with Crippen LogP contribution in [0.25, 0.3) is 16.7 Å². The molecule has 0 radical (unpaired) electrons. The van der Waals surface area contributed by atoms with E-state index in [0.29, 0.717) is 0 Å². The summed E-state index contributed by atoms with van der Waals surface area (Å²) in [6, 6.07) is 13.8. The van der Waals surface area contributed by atoms with Crippen molar-refractivity contribution in [1.82, 2.24) is 0 Å². The molecule has 0 N–H and O–H groups in total. The first-order valence-electron chi connectivity index (χ1n) is 8.43. The molecule has 0 saturated carbocycles. The molecule has 4 rings (SSSR count). The van der Waals surface area contributed by atoms with E-state index in [-0.39, 0.29) is 24.8 Å². The maximum Gasteiger partial charge on any atom is -0.147 e. The first-order valence-corrected chi connectivity index (χ1v) is 20.5. The average molecular weight is 468 g/mol. The van der Waals surface area contributed by atoms with Crippen molar-refractivity contribution in [3.63, 3.8) is 0 Å². The summed E-state index contributed by atoms with van der Waals surface area (Å²) in [5.74, 6) is 0. The fourth-order valence-corrected chi connectivity index (χ4v) is 11.5. The van der Waals surface area contributed by atoms with Crippen molar-refractivity contribution in [3.8, 4) is 11.1 Å². The van der Waals surface area contributed by atoms with Crippen LogP contribution in [-0.4, -0.2) is 6.88 Å². The third kappa shape index (κ3) is 3.56. The molecule has 131 valence electrons. The van der Waals surface area contributed by atoms with E-state index in [0.717, 1.165) is 12.8 Å². The Morgan fingerprint density at radius 2 is 1.60 bits per heavy atom. The topological polar surface area (TPSA) is 0 Å². The minimum Gasteiger partial charge on any atom is -0.147 e. The third-order valence-electron chi connectivity index (χ3n) is 5.16. The predicted molar refractivity (Wildman–Crippen MR) is 115 cm³/mol. The number of allylic oxidation sites excluding steroid dienone is 4. The zero-order chi connectivity index (χ0) is 16.2. The van der Waals surface area contributed by atoms with E-state index in [1.54, 1.807) is 20.0 Å². The van der Waals surface area contributed by atoms with Gasteiger partial charge in [0.1, 0.15) is 0 Å². The van der Waals surface area contributed by atoms with Gasteiger partial charge >= 0.3 is 146 Å². The van der Waals surface area contributed by atoms with E-state index >= 15 is 0 Å². The number of hydrogen-bond donors (Lipinski definition) is 0. The zero-order valence-electron chi connectivity index (χ0n) is 15.1. The van der Waals surface area contributed by atoms with Crippen molar-refractivity contribution in [1.29, 1.82) is 0 Å². The van der Waals surface area contributed by atoms with Crippen molar-refractivity contribution in [2.24, 2.45) is 0 Å². The summed E-state index contributed by atoms with van der Waals surface area (Å²) in [4.78, 5) is 0. The molecule has 4 heteroatoms. The molecular formula is C21H25Cl2SiZr. The molecule has 0 amide bonds. The molecule has 0 aromatic heterocycles. The molecule has 0 nitrogen and oxygen atoms in total. The Bertz CT molecular complexity index is 935.